The van der Waals surface area contributed by atoms with Gasteiger partial charge in [0.1, 0.15) is 0 Å². The highest BCUT2D eigenvalue weighted by Gasteiger charge is 2.11. The first-order valence-corrected chi connectivity index (χ1v) is 6.59. The van der Waals surface area contributed by atoms with E-state index >= 15 is 0 Å². The molecule has 1 aliphatic heterocycles. The van der Waals surface area contributed by atoms with Crippen molar-refractivity contribution in [2.45, 2.75) is 17.1 Å². The first kappa shape index (κ1) is 13.3. The Morgan fingerprint density at radius 3 is 2.53 bits per heavy atom. The van der Waals surface area contributed by atoms with E-state index in [1.807, 2.05) is 0 Å². The summed E-state index contributed by atoms with van der Waals surface area (Å²) in [6.07, 6.45) is 2.12. The predicted octanol–water partition coefficient (Wildman–Crippen LogP) is 2.40. The fourth-order valence-corrected chi connectivity index (χ4v) is 2.21. The molecule has 0 unspecified atom stereocenters. The molecule has 7 heteroatoms. The fraction of sp³-hybridized carbons (Fsp3) is 0.625. The Hall–Kier alpha value is 0.260. The monoisotopic (exact) mass is 287 g/mol. The molecule has 0 saturated carbocycles. The smallest absolute Gasteiger partial charge is 0.180 e. The second-order valence-electron chi connectivity index (χ2n) is 2.92. The summed E-state index contributed by atoms with van der Waals surface area (Å²) in [5, 5.41) is 4.04. The normalized spacial score (nSPS) is 15.2. The minimum atomic E-state index is -0.750. The van der Waals surface area contributed by atoms with Crippen LogP contribution in [-0.4, -0.2) is 22.4 Å². The van der Waals surface area contributed by atoms with Crippen LogP contribution in [-0.2, 0) is 12.8 Å². The van der Waals surface area contributed by atoms with Gasteiger partial charge in [0, 0.05) is 24.4 Å². The number of anilines is 1. The van der Waals surface area contributed by atoms with Gasteiger partial charge in [0.05, 0.1) is 5.69 Å². The third-order valence-electron chi connectivity index (χ3n) is 1.86. The van der Waals surface area contributed by atoms with Crippen molar-refractivity contribution >= 4 is 51.3 Å². The van der Waals surface area contributed by atoms with Crippen LogP contribution in [0.1, 0.15) is 10.6 Å². The zero-order valence-corrected chi connectivity index (χ0v) is 11.1. The van der Waals surface area contributed by atoms with Crippen LogP contribution in [0.3, 0.4) is 0 Å². The molecule has 2 rings (SSSR count). The van der Waals surface area contributed by atoms with Gasteiger partial charge < -0.3 is 11.1 Å². The van der Waals surface area contributed by atoms with Gasteiger partial charge in [-0.05, 0) is 6.42 Å². The topological polar surface area (TPSA) is 50.9 Å². The van der Waals surface area contributed by atoms with E-state index in [1.165, 1.54) is 10.6 Å². The van der Waals surface area contributed by atoms with Crippen LogP contribution in [0.5, 0.6) is 0 Å². The van der Waals surface area contributed by atoms with E-state index in [1.54, 1.807) is 11.3 Å². The van der Waals surface area contributed by atoms with Crippen molar-refractivity contribution in [2.24, 2.45) is 0 Å². The molecule has 1 aromatic rings. The number of nitrogens with two attached hydrogens (primary N) is 1. The summed E-state index contributed by atoms with van der Waals surface area (Å²) < 4.78 is -0.750. The van der Waals surface area contributed by atoms with Crippen LogP contribution >= 0.6 is 46.1 Å². The molecule has 0 bridgehead atoms. The molecular formula is C8H12Cl3N3S. The molecule has 0 aromatic carbocycles. The lowest BCUT2D eigenvalue weighted by molar-refractivity contribution is 0.709. The van der Waals surface area contributed by atoms with Gasteiger partial charge in [0.15, 0.2) is 9.43 Å². The fourth-order valence-electron chi connectivity index (χ4n) is 1.33. The Morgan fingerprint density at radius 1 is 1.27 bits per heavy atom. The average Bonchev–Trinajstić information content (AvgIpc) is 2.31. The lowest BCUT2D eigenvalue weighted by atomic mass is 10.2. The molecular weight excluding hydrogens is 277 g/mol. The van der Waals surface area contributed by atoms with E-state index in [0.29, 0.717) is 0 Å². The highest BCUT2D eigenvalue weighted by atomic mass is 35.6. The largest absolute Gasteiger partial charge is 0.375 e. The number of nitrogen functional groups attached to an aromatic ring is 1. The Kier molecular flexibility index (Phi) is 6.00. The van der Waals surface area contributed by atoms with E-state index in [9.17, 15) is 0 Å². The number of thiazole rings is 1. The summed E-state index contributed by atoms with van der Waals surface area (Å²) in [4.78, 5) is 5.64. The molecule has 86 valence electrons. The van der Waals surface area contributed by atoms with Crippen LogP contribution < -0.4 is 11.1 Å². The first-order valence-electron chi connectivity index (χ1n) is 4.46. The molecule has 0 aliphatic carbocycles. The zero-order chi connectivity index (χ0) is 11.3. The minimum absolute atomic E-state index is 0.719. The summed E-state index contributed by atoms with van der Waals surface area (Å²) in [6, 6.07) is 0. The molecule has 0 amide bonds. The van der Waals surface area contributed by atoms with Gasteiger partial charge in [-0.1, -0.05) is 34.8 Å². The maximum atomic E-state index is 5.60. The number of hydrogen-bond acceptors (Lipinski definition) is 4. The summed E-state index contributed by atoms with van der Waals surface area (Å²) in [5.74, 6) is 0. The molecule has 1 aromatic heterocycles. The highest BCUT2D eigenvalue weighted by molar-refractivity contribution is 7.15. The molecule has 0 spiro atoms. The van der Waals surface area contributed by atoms with Gasteiger partial charge in [-0.25, -0.2) is 4.98 Å². The molecule has 0 saturated heterocycles. The van der Waals surface area contributed by atoms with E-state index in [0.717, 1.165) is 31.1 Å². The summed E-state index contributed by atoms with van der Waals surface area (Å²) in [6.45, 7) is 2.10. The van der Waals surface area contributed by atoms with Crippen molar-refractivity contribution in [3.8, 4) is 0 Å². The standard InChI is InChI=1S/C7H11N3S.CHCl3/c8-7-10-5-1-3-9-4-2-6(5)11-7;2-1(3)4/h9H,1-4H2,(H2,8,10);1H. The molecule has 3 N–H and O–H groups in total. The number of hydrogen-bond donors (Lipinski definition) is 2. The number of halogens is 3. The maximum absolute atomic E-state index is 5.60. The van der Waals surface area contributed by atoms with E-state index < -0.39 is 4.30 Å². The third kappa shape index (κ3) is 5.22. The number of nitrogens with zero attached hydrogens (tertiary/aromatic N) is 1. The van der Waals surface area contributed by atoms with Crippen LogP contribution in [0.4, 0.5) is 5.13 Å². The third-order valence-corrected chi connectivity index (χ3v) is 2.85. The Bertz CT molecular complexity index is 277. The van der Waals surface area contributed by atoms with Crippen LogP contribution in [0, 0.1) is 0 Å². The number of aromatic nitrogens is 1. The van der Waals surface area contributed by atoms with Crippen LogP contribution in [0.15, 0.2) is 0 Å². The van der Waals surface area contributed by atoms with Crippen molar-refractivity contribution in [3.63, 3.8) is 0 Å². The Morgan fingerprint density at radius 2 is 1.87 bits per heavy atom. The second kappa shape index (κ2) is 6.76. The molecule has 3 nitrogen and oxygen atoms in total. The van der Waals surface area contributed by atoms with E-state index in [2.05, 4.69) is 10.3 Å². The predicted molar refractivity (Wildman–Crippen MR) is 68.2 cm³/mol. The highest BCUT2D eigenvalue weighted by Crippen LogP contribution is 2.22. The van der Waals surface area contributed by atoms with Crippen LogP contribution in [0.25, 0.3) is 0 Å². The van der Waals surface area contributed by atoms with Crippen molar-refractivity contribution in [3.05, 3.63) is 10.6 Å². The van der Waals surface area contributed by atoms with Crippen molar-refractivity contribution in [2.75, 3.05) is 18.8 Å². The van der Waals surface area contributed by atoms with Crippen molar-refractivity contribution in [1.29, 1.82) is 0 Å². The van der Waals surface area contributed by atoms with Gasteiger partial charge in [0.2, 0.25) is 0 Å². The van der Waals surface area contributed by atoms with E-state index in [4.69, 9.17) is 40.5 Å². The minimum Gasteiger partial charge on any atom is -0.375 e. The molecule has 15 heavy (non-hydrogen) atoms. The quantitative estimate of drug-likeness (QED) is 0.721. The summed E-state index contributed by atoms with van der Waals surface area (Å²) >= 11 is 16.0. The summed E-state index contributed by atoms with van der Waals surface area (Å²) in [7, 11) is 0. The molecule has 0 radical (unpaired) electrons. The maximum Gasteiger partial charge on any atom is 0.180 e. The zero-order valence-electron chi connectivity index (χ0n) is 7.97. The lowest BCUT2D eigenvalue weighted by Crippen LogP contribution is -2.16. The summed E-state index contributed by atoms with van der Waals surface area (Å²) in [5.41, 5.74) is 6.80. The van der Waals surface area contributed by atoms with Crippen molar-refractivity contribution < 1.29 is 0 Å². The lowest BCUT2D eigenvalue weighted by Gasteiger charge is -1.93. The van der Waals surface area contributed by atoms with E-state index in [-0.39, 0.29) is 0 Å². The van der Waals surface area contributed by atoms with Gasteiger partial charge in [-0.3, -0.25) is 0 Å². The number of fused-ring (bicyclic) bond motifs is 1. The Balaban J connectivity index is 0.000000245. The van der Waals surface area contributed by atoms with Gasteiger partial charge in [-0.15, -0.1) is 11.3 Å². The molecule has 2 heterocycles. The van der Waals surface area contributed by atoms with Crippen molar-refractivity contribution in [1.82, 2.24) is 10.3 Å². The number of rotatable bonds is 0. The Labute approximate surface area is 108 Å². The van der Waals surface area contributed by atoms with Gasteiger partial charge >= 0.3 is 0 Å². The van der Waals surface area contributed by atoms with Crippen LogP contribution in [0.2, 0.25) is 0 Å². The van der Waals surface area contributed by atoms with Gasteiger partial charge in [0.25, 0.3) is 0 Å². The molecule has 0 atom stereocenters. The SMILES string of the molecule is ClC(Cl)Cl.Nc1nc2c(s1)CCNCC2. The molecule has 1 aliphatic rings. The average molecular weight is 289 g/mol. The number of alkyl halides is 3. The molecule has 0 fully saturated rings. The second-order valence-corrected chi connectivity index (χ2v) is 6.01. The first-order chi connectivity index (χ1) is 7.09. The van der Waals surface area contributed by atoms with Gasteiger partial charge in [-0.2, -0.15) is 0 Å². The number of nitrogens with one attached hydrogen (secondary N) is 1.